The molecule has 2 atom stereocenters. The number of nitrogens with one attached hydrogen (secondary N) is 1. The highest BCUT2D eigenvalue weighted by atomic mass is 35.5. The molecule has 2 heterocycles. The molecule has 25 heavy (non-hydrogen) atoms. The van der Waals surface area contributed by atoms with Gasteiger partial charge in [-0.25, -0.2) is 0 Å². The lowest BCUT2D eigenvalue weighted by atomic mass is 10.0. The van der Waals surface area contributed by atoms with E-state index < -0.39 is 0 Å². The Hall–Kier alpha value is -0.810. The van der Waals surface area contributed by atoms with Gasteiger partial charge < -0.3 is 10.2 Å². The van der Waals surface area contributed by atoms with Gasteiger partial charge in [-0.1, -0.05) is 30.3 Å². The van der Waals surface area contributed by atoms with Crippen molar-refractivity contribution in [3.8, 4) is 0 Å². The number of hydrogen-bond donors (Lipinski definition) is 1. The quantitative estimate of drug-likeness (QED) is 0.843. The van der Waals surface area contributed by atoms with Gasteiger partial charge in [-0.2, -0.15) is 0 Å². The van der Waals surface area contributed by atoms with Gasteiger partial charge in [0.05, 0.1) is 0 Å². The summed E-state index contributed by atoms with van der Waals surface area (Å²) >= 11 is 0. The smallest absolute Gasteiger partial charge is 0.222 e. The van der Waals surface area contributed by atoms with E-state index in [2.05, 4.69) is 52.4 Å². The van der Waals surface area contributed by atoms with E-state index in [0.29, 0.717) is 17.9 Å². The topological polar surface area (TPSA) is 35.6 Å². The molecule has 0 bridgehead atoms. The normalized spacial score (nSPS) is 23.6. The molecule has 3 rings (SSSR count). The zero-order valence-electron chi connectivity index (χ0n) is 15.0. The van der Waals surface area contributed by atoms with Crippen molar-refractivity contribution in [2.75, 3.05) is 32.7 Å². The SMILES string of the molecule is CC1CN(Cc2ccccc2)CCN1C(=O)CCC1CCNC1.Cl.Cl. The van der Waals surface area contributed by atoms with Crippen LogP contribution in [0.2, 0.25) is 0 Å². The average Bonchev–Trinajstić information content (AvgIpc) is 3.07. The fourth-order valence-electron chi connectivity index (χ4n) is 3.82. The Morgan fingerprint density at radius 3 is 2.60 bits per heavy atom. The first kappa shape index (κ1) is 22.2. The van der Waals surface area contributed by atoms with Crippen molar-refractivity contribution in [3.63, 3.8) is 0 Å². The third-order valence-electron chi connectivity index (χ3n) is 5.21. The number of rotatable bonds is 5. The molecule has 2 saturated heterocycles. The number of benzene rings is 1. The van der Waals surface area contributed by atoms with Crippen molar-refractivity contribution in [1.82, 2.24) is 15.1 Å². The Labute approximate surface area is 164 Å². The highest BCUT2D eigenvalue weighted by Gasteiger charge is 2.27. The molecule has 4 nitrogen and oxygen atoms in total. The molecule has 2 fully saturated rings. The van der Waals surface area contributed by atoms with E-state index in [0.717, 1.165) is 52.1 Å². The summed E-state index contributed by atoms with van der Waals surface area (Å²) < 4.78 is 0. The van der Waals surface area contributed by atoms with Gasteiger partial charge in [0.15, 0.2) is 0 Å². The first-order chi connectivity index (χ1) is 11.2. The average molecular weight is 388 g/mol. The lowest BCUT2D eigenvalue weighted by Gasteiger charge is -2.40. The molecule has 1 aromatic rings. The lowest BCUT2D eigenvalue weighted by molar-refractivity contribution is -0.136. The van der Waals surface area contributed by atoms with Gasteiger partial charge >= 0.3 is 0 Å². The summed E-state index contributed by atoms with van der Waals surface area (Å²) in [5.74, 6) is 1.05. The van der Waals surface area contributed by atoms with Crippen LogP contribution in [0, 0.1) is 5.92 Å². The van der Waals surface area contributed by atoms with E-state index in [4.69, 9.17) is 0 Å². The maximum absolute atomic E-state index is 12.5. The number of hydrogen-bond acceptors (Lipinski definition) is 3. The van der Waals surface area contributed by atoms with Crippen molar-refractivity contribution >= 4 is 30.7 Å². The van der Waals surface area contributed by atoms with Crippen LogP contribution in [0.15, 0.2) is 30.3 Å². The minimum Gasteiger partial charge on any atom is -0.337 e. The Kier molecular flexibility index (Phi) is 9.80. The number of piperazine rings is 1. The molecule has 2 aliphatic rings. The zero-order chi connectivity index (χ0) is 16.1. The van der Waals surface area contributed by atoms with Crippen molar-refractivity contribution in [2.45, 2.75) is 38.8 Å². The fourth-order valence-corrected chi connectivity index (χ4v) is 3.82. The van der Waals surface area contributed by atoms with Crippen molar-refractivity contribution in [3.05, 3.63) is 35.9 Å². The maximum Gasteiger partial charge on any atom is 0.222 e. The molecule has 1 amide bonds. The molecule has 6 heteroatoms. The van der Waals surface area contributed by atoms with Crippen molar-refractivity contribution < 1.29 is 4.79 Å². The van der Waals surface area contributed by atoms with Crippen molar-refractivity contribution in [1.29, 1.82) is 0 Å². The summed E-state index contributed by atoms with van der Waals surface area (Å²) in [6, 6.07) is 10.9. The second-order valence-electron chi connectivity index (χ2n) is 7.05. The molecule has 0 aromatic heterocycles. The molecule has 2 aliphatic heterocycles. The largest absolute Gasteiger partial charge is 0.337 e. The van der Waals surface area contributed by atoms with Crippen molar-refractivity contribution in [2.24, 2.45) is 5.92 Å². The van der Waals surface area contributed by atoms with Crippen LogP contribution in [0.3, 0.4) is 0 Å². The van der Waals surface area contributed by atoms with E-state index in [1.165, 1.54) is 12.0 Å². The second-order valence-corrected chi connectivity index (χ2v) is 7.05. The Bertz CT molecular complexity index is 509. The Morgan fingerprint density at radius 1 is 1.20 bits per heavy atom. The highest BCUT2D eigenvalue weighted by molar-refractivity contribution is 5.85. The summed E-state index contributed by atoms with van der Waals surface area (Å²) in [6.07, 6.45) is 2.99. The summed E-state index contributed by atoms with van der Waals surface area (Å²) in [7, 11) is 0. The molecular weight excluding hydrogens is 357 g/mol. The standard InChI is InChI=1S/C19H29N3O.2ClH/c1-16-14-21(15-18-5-3-2-4-6-18)11-12-22(16)19(23)8-7-17-9-10-20-13-17;;/h2-6,16-17,20H,7-15H2,1H3;2*1H. The summed E-state index contributed by atoms with van der Waals surface area (Å²) in [5, 5.41) is 3.38. The van der Waals surface area contributed by atoms with E-state index >= 15 is 0 Å². The number of carbonyl (C=O) groups is 1. The van der Waals surface area contributed by atoms with Crippen LogP contribution in [0.4, 0.5) is 0 Å². The third-order valence-corrected chi connectivity index (χ3v) is 5.21. The van der Waals surface area contributed by atoms with Gasteiger partial charge in [0.25, 0.3) is 0 Å². The molecule has 0 saturated carbocycles. The molecule has 0 radical (unpaired) electrons. The summed E-state index contributed by atoms with van der Waals surface area (Å²) in [4.78, 5) is 17.1. The molecule has 142 valence electrons. The molecule has 2 unspecified atom stereocenters. The second kappa shape index (κ2) is 11.0. The monoisotopic (exact) mass is 387 g/mol. The molecular formula is C19H31Cl2N3O. The minimum absolute atomic E-state index is 0. The zero-order valence-corrected chi connectivity index (χ0v) is 16.7. The van der Waals surface area contributed by atoms with Crippen LogP contribution in [-0.2, 0) is 11.3 Å². The van der Waals surface area contributed by atoms with Crippen LogP contribution in [-0.4, -0.2) is 54.5 Å². The van der Waals surface area contributed by atoms with E-state index in [1.54, 1.807) is 0 Å². The highest BCUT2D eigenvalue weighted by Crippen LogP contribution is 2.18. The molecule has 1 N–H and O–H groups in total. The number of nitrogens with zero attached hydrogens (tertiary/aromatic N) is 2. The predicted octanol–water partition coefficient (Wildman–Crippen LogP) is 2.95. The summed E-state index contributed by atoms with van der Waals surface area (Å²) in [6.45, 7) is 8.21. The van der Waals surface area contributed by atoms with Crippen LogP contribution in [0.5, 0.6) is 0 Å². The lowest BCUT2D eigenvalue weighted by Crippen LogP contribution is -2.53. The molecule has 1 aromatic carbocycles. The Morgan fingerprint density at radius 2 is 1.96 bits per heavy atom. The van der Waals surface area contributed by atoms with Gasteiger partial charge in [0.1, 0.15) is 0 Å². The number of carbonyl (C=O) groups excluding carboxylic acids is 1. The van der Waals surface area contributed by atoms with Crippen LogP contribution in [0.1, 0.15) is 31.7 Å². The Balaban J connectivity index is 0.00000156. The van der Waals surface area contributed by atoms with E-state index in [1.807, 2.05) is 0 Å². The first-order valence-electron chi connectivity index (χ1n) is 8.99. The number of halogens is 2. The van der Waals surface area contributed by atoms with E-state index in [9.17, 15) is 4.79 Å². The molecule has 0 spiro atoms. The third kappa shape index (κ3) is 6.45. The summed E-state index contributed by atoms with van der Waals surface area (Å²) in [5.41, 5.74) is 1.35. The predicted molar refractivity (Wildman–Crippen MR) is 108 cm³/mol. The first-order valence-corrected chi connectivity index (χ1v) is 8.99. The minimum atomic E-state index is 0. The van der Waals surface area contributed by atoms with Gasteiger partial charge in [-0.05, 0) is 44.3 Å². The van der Waals surface area contributed by atoms with Gasteiger partial charge in [0, 0.05) is 38.6 Å². The fraction of sp³-hybridized carbons (Fsp3) is 0.632. The molecule has 0 aliphatic carbocycles. The van der Waals surface area contributed by atoms with Gasteiger partial charge in [-0.3, -0.25) is 9.69 Å². The maximum atomic E-state index is 12.5. The number of amides is 1. The van der Waals surface area contributed by atoms with Gasteiger partial charge in [0.2, 0.25) is 5.91 Å². The van der Waals surface area contributed by atoms with E-state index in [-0.39, 0.29) is 24.8 Å². The van der Waals surface area contributed by atoms with Crippen LogP contribution < -0.4 is 5.32 Å². The van der Waals surface area contributed by atoms with Crippen LogP contribution >= 0.6 is 24.8 Å². The van der Waals surface area contributed by atoms with Crippen LogP contribution in [0.25, 0.3) is 0 Å². The van der Waals surface area contributed by atoms with Gasteiger partial charge in [-0.15, -0.1) is 24.8 Å².